The topological polar surface area (TPSA) is 111 Å². The zero-order valence-corrected chi connectivity index (χ0v) is 23.2. The van der Waals surface area contributed by atoms with E-state index in [-0.39, 0.29) is 41.3 Å². The predicted octanol–water partition coefficient (Wildman–Crippen LogP) is 5.17. The maximum atomic E-state index is 13.5. The fraction of sp³-hybridized carbons (Fsp3) is 0.333. The van der Waals surface area contributed by atoms with Crippen LogP contribution in [0.5, 0.6) is 11.5 Å². The van der Waals surface area contributed by atoms with Gasteiger partial charge in [0, 0.05) is 25.1 Å². The van der Waals surface area contributed by atoms with Crippen LogP contribution in [0.3, 0.4) is 0 Å². The van der Waals surface area contributed by atoms with Crippen LogP contribution >= 0.6 is 11.6 Å². The number of methoxy groups -OCH3 is 2. The molecular weight excluding hydrogens is 530 g/mol. The van der Waals surface area contributed by atoms with Gasteiger partial charge >= 0.3 is 0 Å². The average Bonchev–Trinajstić information content (AvgIpc) is 3.29. The molecule has 1 aromatic heterocycles. The lowest BCUT2D eigenvalue weighted by atomic mass is 9.97. The molecule has 0 spiro atoms. The maximum Gasteiger partial charge on any atom is 0.248 e. The van der Waals surface area contributed by atoms with Crippen molar-refractivity contribution in [3.05, 3.63) is 64.0 Å². The molecule has 1 N–H and O–H groups in total. The summed E-state index contributed by atoms with van der Waals surface area (Å²) in [6.07, 6.45) is 4.12. The first-order valence-electron chi connectivity index (χ1n) is 12.1. The van der Waals surface area contributed by atoms with Crippen molar-refractivity contribution >= 4 is 45.4 Å². The first-order valence-corrected chi connectivity index (χ1v) is 13.9. The number of benzene rings is 2. The van der Waals surface area contributed by atoms with Gasteiger partial charge in [0.05, 0.1) is 24.9 Å². The van der Waals surface area contributed by atoms with Crippen LogP contribution in [0.4, 0.5) is 5.69 Å². The Hall–Kier alpha value is -3.34. The van der Waals surface area contributed by atoms with Gasteiger partial charge in [0.1, 0.15) is 17.2 Å². The summed E-state index contributed by atoms with van der Waals surface area (Å²) in [5.41, 5.74) is 2.75. The molecule has 0 unspecified atom stereocenters. The first-order chi connectivity index (χ1) is 18.1. The average molecular weight is 560 g/mol. The molecule has 0 bridgehead atoms. The van der Waals surface area contributed by atoms with E-state index in [0.29, 0.717) is 35.1 Å². The second-order valence-electron chi connectivity index (χ2n) is 9.06. The summed E-state index contributed by atoms with van der Waals surface area (Å²) >= 11 is 6.21. The summed E-state index contributed by atoms with van der Waals surface area (Å²) in [6.45, 7) is 3.98. The summed E-state index contributed by atoms with van der Waals surface area (Å²) in [7, 11) is -0.904. The number of sulfonamides is 1. The lowest BCUT2D eigenvalue weighted by molar-refractivity contribution is -0.120. The summed E-state index contributed by atoms with van der Waals surface area (Å²) in [4.78, 5) is 13.0. The fourth-order valence-electron chi connectivity index (χ4n) is 4.33. The number of hydrogen-bond donors (Lipinski definition) is 1. The number of rotatable bonds is 8. The highest BCUT2D eigenvalue weighted by Crippen LogP contribution is 2.37. The summed E-state index contributed by atoms with van der Waals surface area (Å²) in [6, 6.07) is 11.0. The molecular formula is C27H30ClN3O6S. The molecule has 1 aliphatic rings. The van der Waals surface area contributed by atoms with Crippen LogP contribution in [-0.4, -0.2) is 51.1 Å². The van der Waals surface area contributed by atoms with Crippen LogP contribution in [0, 0.1) is 19.8 Å². The number of nitrogens with zero attached hydrogens (tertiary/aromatic N) is 2. The molecule has 4 rings (SSSR count). The van der Waals surface area contributed by atoms with E-state index in [9.17, 15) is 13.2 Å². The van der Waals surface area contributed by atoms with Gasteiger partial charge in [0.25, 0.3) is 0 Å². The van der Waals surface area contributed by atoms with Crippen molar-refractivity contribution in [2.75, 3.05) is 32.6 Å². The van der Waals surface area contributed by atoms with E-state index in [1.165, 1.54) is 18.5 Å². The molecule has 0 saturated carbocycles. The third-order valence-corrected chi connectivity index (χ3v) is 8.85. The Bertz CT molecular complexity index is 1440. The maximum absolute atomic E-state index is 13.5. The molecule has 9 nitrogen and oxygen atoms in total. The molecule has 202 valence electrons. The molecule has 1 fully saturated rings. The highest BCUT2D eigenvalue weighted by Gasteiger charge is 2.36. The van der Waals surface area contributed by atoms with E-state index in [1.54, 1.807) is 31.2 Å². The second-order valence-corrected chi connectivity index (χ2v) is 11.3. The SMILES string of the molecule is COc1cc(OC)c(NC(=O)C2CCN(S(=O)(=O)c3c(C)noc3C=Cc3ccc(C)cc3)CC2)cc1Cl. The number of amides is 1. The Kier molecular flexibility index (Phi) is 8.44. The number of hydrogen-bond acceptors (Lipinski definition) is 7. The van der Waals surface area contributed by atoms with Crippen LogP contribution in [0.15, 0.2) is 45.8 Å². The molecule has 2 heterocycles. The van der Waals surface area contributed by atoms with Crippen molar-refractivity contribution in [1.29, 1.82) is 0 Å². The Morgan fingerprint density at radius 3 is 2.37 bits per heavy atom. The molecule has 0 atom stereocenters. The van der Waals surface area contributed by atoms with E-state index < -0.39 is 10.0 Å². The molecule has 1 saturated heterocycles. The first kappa shape index (κ1) is 27.7. The Balaban J connectivity index is 1.45. The van der Waals surface area contributed by atoms with Crippen LogP contribution in [0.1, 0.15) is 35.4 Å². The number of ether oxygens (including phenoxy) is 2. The van der Waals surface area contributed by atoms with Gasteiger partial charge in [-0.25, -0.2) is 8.42 Å². The Morgan fingerprint density at radius 1 is 1.08 bits per heavy atom. The number of anilines is 1. The van der Waals surface area contributed by atoms with Crippen molar-refractivity contribution in [3.63, 3.8) is 0 Å². The van der Waals surface area contributed by atoms with Gasteiger partial charge < -0.3 is 19.3 Å². The van der Waals surface area contributed by atoms with Crippen LogP contribution in [-0.2, 0) is 14.8 Å². The standard InChI is InChI=1S/C27H30ClN3O6S/c1-17-5-7-19(8-6-17)9-10-23-26(18(2)30-37-23)38(33,34)31-13-11-20(12-14-31)27(32)29-22-15-21(28)24(35-3)16-25(22)36-4/h5-10,15-16,20H,11-14H2,1-4H3,(H,29,32). The third kappa shape index (κ3) is 5.87. The zero-order valence-electron chi connectivity index (χ0n) is 21.7. The van der Waals surface area contributed by atoms with E-state index in [4.69, 9.17) is 25.6 Å². The largest absolute Gasteiger partial charge is 0.495 e. The molecule has 2 aromatic carbocycles. The number of aryl methyl sites for hydroxylation is 2. The van der Waals surface area contributed by atoms with E-state index in [1.807, 2.05) is 31.2 Å². The molecule has 11 heteroatoms. The number of carbonyl (C=O) groups excluding carboxylic acids is 1. The third-order valence-electron chi connectivity index (χ3n) is 6.49. The lowest BCUT2D eigenvalue weighted by Gasteiger charge is -2.30. The molecule has 0 radical (unpaired) electrons. The van der Waals surface area contributed by atoms with Crippen molar-refractivity contribution in [1.82, 2.24) is 9.46 Å². The highest BCUT2D eigenvalue weighted by molar-refractivity contribution is 7.89. The van der Waals surface area contributed by atoms with E-state index in [2.05, 4.69) is 10.5 Å². The fourth-order valence-corrected chi connectivity index (χ4v) is 6.29. The second kappa shape index (κ2) is 11.6. The quantitative estimate of drug-likeness (QED) is 0.405. The Morgan fingerprint density at radius 2 is 1.74 bits per heavy atom. The van der Waals surface area contributed by atoms with Gasteiger partial charge in [-0.05, 0) is 44.4 Å². The summed E-state index contributed by atoms with van der Waals surface area (Å²) < 4.78 is 44.4. The van der Waals surface area contributed by atoms with Gasteiger partial charge in [-0.3, -0.25) is 4.79 Å². The van der Waals surface area contributed by atoms with Crippen molar-refractivity contribution in [3.8, 4) is 11.5 Å². The van der Waals surface area contributed by atoms with Crippen molar-refractivity contribution in [2.24, 2.45) is 5.92 Å². The van der Waals surface area contributed by atoms with Gasteiger partial charge in [-0.2, -0.15) is 4.31 Å². The van der Waals surface area contributed by atoms with E-state index >= 15 is 0 Å². The van der Waals surface area contributed by atoms with Crippen LogP contribution in [0.2, 0.25) is 5.02 Å². The number of aromatic nitrogens is 1. The van der Waals surface area contributed by atoms with Gasteiger partial charge in [0.15, 0.2) is 10.7 Å². The highest BCUT2D eigenvalue weighted by atomic mass is 35.5. The molecule has 0 aliphatic carbocycles. The minimum Gasteiger partial charge on any atom is -0.495 e. The molecule has 1 amide bonds. The Labute approximate surface area is 227 Å². The number of halogens is 1. The van der Waals surface area contributed by atoms with Gasteiger partial charge in [-0.15, -0.1) is 0 Å². The normalized spacial score (nSPS) is 15.1. The summed E-state index contributed by atoms with van der Waals surface area (Å²) in [5, 5.41) is 7.09. The molecule has 3 aromatic rings. The van der Waals surface area contributed by atoms with Crippen LogP contribution < -0.4 is 14.8 Å². The van der Waals surface area contributed by atoms with Gasteiger partial charge in [0.2, 0.25) is 15.9 Å². The minimum atomic E-state index is -3.88. The lowest BCUT2D eigenvalue weighted by Crippen LogP contribution is -2.41. The van der Waals surface area contributed by atoms with Crippen molar-refractivity contribution in [2.45, 2.75) is 31.6 Å². The number of nitrogens with one attached hydrogen (secondary N) is 1. The zero-order chi connectivity index (χ0) is 27.4. The van der Waals surface area contributed by atoms with Crippen LogP contribution in [0.25, 0.3) is 12.2 Å². The summed E-state index contributed by atoms with van der Waals surface area (Å²) in [5.74, 6) is 0.401. The van der Waals surface area contributed by atoms with E-state index in [0.717, 1.165) is 11.1 Å². The number of piperidine rings is 1. The smallest absolute Gasteiger partial charge is 0.248 e. The monoisotopic (exact) mass is 559 g/mol. The van der Waals surface area contributed by atoms with Crippen molar-refractivity contribution < 1.29 is 27.2 Å². The number of carbonyl (C=O) groups is 1. The molecule has 1 aliphatic heterocycles. The molecule has 38 heavy (non-hydrogen) atoms. The van der Waals surface area contributed by atoms with Gasteiger partial charge in [-0.1, -0.05) is 52.7 Å². The predicted molar refractivity (Wildman–Crippen MR) is 146 cm³/mol. The minimum absolute atomic E-state index is 0.0429.